The average Bonchev–Trinajstić information content (AvgIpc) is 3.08. The van der Waals surface area contributed by atoms with Gasteiger partial charge in [-0.1, -0.05) is 106 Å². The molecule has 48 heavy (non-hydrogen) atoms. The first-order valence-electron chi connectivity index (χ1n) is 16.9. The van der Waals surface area contributed by atoms with Crippen molar-refractivity contribution in [3.63, 3.8) is 0 Å². The second-order valence-corrected chi connectivity index (χ2v) is 14.7. The summed E-state index contributed by atoms with van der Waals surface area (Å²) in [5.74, 6) is 1.76. The van der Waals surface area contributed by atoms with Crippen LogP contribution in [0.4, 0.5) is 28.4 Å². The predicted molar refractivity (Wildman–Crippen MR) is 202 cm³/mol. The third-order valence-corrected chi connectivity index (χ3v) is 10.9. The lowest BCUT2D eigenvalue weighted by atomic mass is 9.57. The summed E-state index contributed by atoms with van der Waals surface area (Å²) in [4.78, 5) is 2.41. The largest absolute Gasteiger partial charge is 0.453 e. The number of para-hydroxylation sites is 4. The zero-order valence-corrected chi connectivity index (χ0v) is 28.4. The van der Waals surface area contributed by atoms with Crippen LogP contribution in [0.15, 0.2) is 115 Å². The minimum absolute atomic E-state index is 0.160. The van der Waals surface area contributed by atoms with Crippen LogP contribution in [0.3, 0.4) is 0 Å². The molecule has 0 amide bonds. The van der Waals surface area contributed by atoms with Crippen molar-refractivity contribution in [1.29, 1.82) is 0 Å². The van der Waals surface area contributed by atoms with E-state index >= 15 is 0 Å². The maximum atomic E-state index is 6.44. The molecule has 1 N–H and O–H groups in total. The maximum absolute atomic E-state index is 6.44. The first kappa shape index (κ1) is 29.0. The molecule has 2 heterocycles. The summed E-state index contributed by atoms with van der Waals surface area (Å²) in [5.41, 5.74) is 18.0. The minimum Gasteiger partial charge on any atom is -0.453 e. The van der Waals surface area contributed by atoms with Crippen LogP contribution in [-0.4, -0.2) is 7.28 Å². The van der Waals surface area contributed by atoms with Crippen molar-refractivity contribution in [3.05, 3.63) is 149 Å². The number of hydrogen-bond acceptors (Lipinski definition) is 3. The number of benzene rings is 6. The number of ether oxygens (including phenoxy) is 1. The van der Waals surface area contributed by atoms with E-state index in [1.807, 2.05) is 6.07 Å². The van der Waals surface area contributed by atoms with E-state index in [9.17, 15) is 0 Å². The molecule has 0 fully saturated rings. The summed E-state index contributed by atoms with van der Waals surface area (Å²) in [6.45, 7) is 13.9. The molecule has 9 rings (SSSR count). The van der Waals surface area contributed by atoms with E-state index in [-0.39, 0.29) is 10.8 Å². The van der Waals surface area contributed by atoms with E-state index in [2.05, 4.69) is 168 Å². The van der Waals surface area contributed by atoms with Crippen molar-refractivity contribution in [2.75, 3.05) is 10.2 Å². The quantitative estimate of drug-likeness (QED) is 0.199. The predicted octanol–water partition coefficient (Wildman–Crippen LogP) is 10.2. The molecular weight excluding hydrogens is 583 g/mol. The Balaban J connectivity index is 1.33. The zero-order chi connectivity index (χ0) is 32.9. The smallest absolute Gasteiger partial charge is 0.198 e. The molecular formula is C44H38BN2O. The highest BCUT2D eigenvalue weighted by molar-refractivity contribution is 6.73. The lowest BCUT2D eigenvalue weighted by Crippen LogP contribution is -2.42. The van der Waals surface area contributed by atoms with Gasteiger partial charge in [0.15, 0.2) is 18.8 Å². The topological polar surface area (TPSA) is 24.5 Å². The highest BCUT2D eigenvalue weighted by Crippen LogP contribution is 2.54. The van der Waals surface area contributed by atoms with Crippen molar-refractivity contribution in [2.45, 2.75) is 52.4 Å². The monoisotopic (exact) mass is 621 g/mol. The lowest BCUT2D eigenvalue weighted by molar-refractivity contribution is 0.477. The van der Waals surface area contributed by atoms with Gasteiger partial charge in [-0.2, -0.15) is 0 Å². The van der Waals surface area contributed by atoms with Crippen LogP contribution in [0.25, 0.3) is 11.1 Å². The standard InChI is InChI=1S/C44H38BN2O/c1-26-22-29(41-38(23-26)47-37-19-11-12-20-39(37)48-40-21-13-17-34(45-41)42(40)47)28-24-32-33(25-36(28)46-35-18-10-7-14-27(35)2)44(5,6)31-16-9-8-15-30(31)43(32,3)4/h7-25,46H,1-6H3. The third kappa shape index (κ3) is 4.08. The Morgan fingerprint density at radius 3 is 2.02 bits per heavy atom. The fraction of sp³-hybridized carbons (Fsp3) is 0.182. The van der Waals surface area contributed by atoms with Crippen LogP contribution >= 0.6 is 0 Å². The van der Waals surface area contributed by atoms with Gasteiger partial charge in [0, 0.05) is 33.5 Å². The highest BCUT2D eigenvalue weighted by Gasteiger charge is 2.42. The van der Waals surface area contributed by atoms with Crippen molar-refractivity contribution < 1.29 is 4.74 Å². The number of anilines is 5. The number of rotatable bonds is 3. The molecule has 0 bridgehead atoms. The maximum Gasteiger partial charge on any atom is 0.198 e. The number of aryl methyl sites for hydroxylation is 2. The van der Waals surface area contributed by atoms with Gasteiger partial charge in [-0.25, -0.2) is 0 Å². The van der Waals surface area contributed by atoms with E-state index in [1.54, 1.807) is 0 Å². The van der Waals surface area contributed by atoms with Gasteiger partial charge in [0.05, 0.1) is 11.4 Å². The summed E-state index contributed by atoms with van der Waals surface area (Å²) >= 11 is 0. The van der Waals surface area contributed by atoms with Crippen LogP contribution < -0.4 is 25.9 Å². The van der Waals surface area contributed by atoms with E-state index < -0.39 is 0 Å². The summed E-state index contributed by atoms with van der Waals surface area (Å²) in [5, 5.41) is 3.94. The Morgan fingerprint density at radius 1 is 0.583 bits per heavy atom. The van der Waals surface area contributed by atoms with Crippen molar-refractivity contribution in [2.24, 2.45) is 0 Å². The van der Waals surface area contributed by atoms with Gasteiger partial charge in [0.2, 0.25) is 0 Å². The molecule has 0 unspecified atom stereocenters. The van der Waals surface area contributed by atoms with Gasteiger partial charge < -0.3 is 15.0 Å². The van der Waals surface area contributed by atoms with Gasteiger partial charge in [-0.05, 0) is 101 Å². The molecule has 1 aliphatic carbocycles. The third-order valence-electron chi connectivity index (χ3n) is 10.9. The van der Waals surface area contributed by atoms with Crippen LogP contribution in [0, 0.1) is 13.8 Å². The number of nitrogens with one attached hydrogen (secondary N) is 1. The molecule has 1 radical (unpaired) electrons. The Hall–Kier alpha value is -5.22. The average molecular weight is 622 g/mol. The Morgan fingerprint density at radius 2 is 1.25 bits per heavy atom. The fourth-order valence-electron chi connectivity index (χ4n) is 8.37. The van der Waals surface area contributed by atoms with Gasteiger partial charge in [0.25, 0.3) is 0 Å². The highest BCUT2D eigenvalue weighted by atomic mass is 16.5. The molecule has 6 aromatic carbocycles. The summed E-state index contributed by atoms with van der Waals surface area (Å²) in [7, 11) is 2.36. The first-order valence-corrected chi connectivity index (χ1v) is 16.9. The molecule has 0 atom stereocenters. The fourth-order valence-corrected chi connectivity index (χ4v) is 8.37. The van der Waals surface area contributed by atoms with Crippen LogP contribution in [0.5, 0.6) is 11.5 Å². The van der Waals surface area contributed by atoms with Gasteiger partial charge >= 0.3 is 0 Å². The Bertz CT molecular complexity index is 2320. The lowest BCUT2D eigenvalue weighted by Gasteiger charge is -2.44. The van der Waals surface area contributed by atoms with Gasteiger partial charge in [-0.3, -0.25) is 0 Å². The number of fused-ring (bicyclic) bond motifs is 6. The second-order valence-electron chi connectivity index (χ2n) is 14.7. The Labute approximate surface area is 284 Å². The molecule has 4 heteroatoms. The summed E-state index contributed by atoms with van der Waals surface area (Å²) < 4.78 is 6.44. The van der Waals surface area contributed by atoms with Crippen LogP contribution in [0.1, 0.15) is 61.1 Å². The van der Waals surface area contributed by atoms with Gasteiger partial charge in [0.1, 0.15) is 0 Å². The minimum atomic E-state index is -0.171. The molecule has 0 spiro atoms. The second kappa shape index (κ2) is 10.1. The van der Waals surface area contributed by atoms with E-state index in [0.29, 0.717) is 0 Å². The van der Waals surface area contributed by atoms with Crippen molar-refractivity contribution in [3.8, 4) is 22.6 Å². The molecule has 3 aliphatic rings. The summed E-state index contributed by atoms with van der Waals surface area (Å²) in [6.07, 6.45) is 0. The number of hydrogen-bond donors (Lipinski definition) is 1. The normalized spacial score (nSPS) is 15.5. The van der Waals surface area contributed by atoms with Crippen LogP contribution in [0.2, 0.25) is 0 Å². The molecule has 6 aromatic rings. The number of nitrogens with zero attached hydrogens (tertiary/aromatic N) is 1. The molecule has 0 aromatic heterocycles. The van der Waals surface area contributed by atoms with Gasteiger partial charge in [-0.15, -0.1) is 0 Å². The van der Waals surface area contributed by atoms with E-state index in [0.717, 1.165) is 39.7 Å². The zero-order valence-electron chi connectivity index (χ0n) is 28.4. The van der Waals surface area contributed by atoms with E-state index in [4.69, 9.17) is 4.74 Å². The van der Waals surface area contributed by atoms with Crippen molar-refractivity contribution >= 4 is 46.6 Å². The van der Waals surface area contributed by atoms with Crippen molar-refractivity contribution in [1.82, 2.24) is 0 Å². The SMILES string of the molecule is Cc1cc(-c2cc3c(cc2Nc2ccccc2C)C(C)(C)c2ccccc2C3(C)C)c2c(c1)N1c3ccccc3Oc3cccc(c31)[B]2. The molecule has 2 aliphatic heterocycles. The molecule has 0 saturated heterocycles. The molecule has 3 nitrogen and oxygen atoms in total. The van der Waals surface area contributed by atoms with Crippen LogP contribution in [-0.2, 0) is 10.8 Å². The first-order chi connectivity index (χ1) is 23.1. The molecule has 0 saturated carbocycles. The van der Waals surface area contributed by atoms with E-state index in [1.165, 1.54) is 55.7 Å². The summed E-state index contributed by atoms with van der Waals surface area (Å²) in [6, 6.07) is 42.0. The molecule has 233 valence electrons. The Kier molecular flexibility index (Phi) is 6.12.